The second-order valence-electron chi connectivity index (χ2n) is 3.17. The van der Waals surface area contributed by atoms with E-state index >= 15 is 0 Å². The molecule has 0 saturated carbocycles. The number of rotatable bonds is 2. The van der Waals surface area contributed by atoms with Gasteiger partial charge >= 0.3 is 0 Å². The van der Waals surface area contributed by atoms with E-state index in [2.05, 4.69) is 22.6 Å². The van der Waals surface area contributed by atoms with Gasteiger partial charge in [-0.3, -0.25) is 4.79 Å². The first-order chi connectivity index (χ1) is 7.29. The molecule has 0 saturated heterocycles. The van der Waals surface area contributed by atoms with Crippen LogP contribution in [0.4, 0.5) is 0 Å². The third-order valence-corrected chi connectivity index (χ3v) is 3.10. The lowest BCUT2D eigenvalue weighted by molar-refractivity contribution is 0.103. The van der Waals surface area contributed by atoms with E-state index in [0.29, 0.717) is 0 Å². The highest BCUT2D eigenvalue weighted by molar-refractivity contribution is 14.1. The molecule has 74 valence electrons. The van der Waals surface area contributed by atoms with Crippen LogP contribution in [0.15, 0.2) is 54.6 Å². The zero-order chi connectivity index (χ0) is 10.7. The van der Waals surface area contributed by atoms with Crippen molar-refractivity contribution in [3.05, 3.63) is 69.3 Å². The smallest absolute Gasteiger partial charge is 0.194 e. The molecule has 0 spiro atoms. The number of carbonyl (C=O) groups excluding carboxylic acids is 1. The molecule has 0 aliphatic rings. The van der Waals surface area contributed by atoms with Gasteiger partial charge in [-0.05, 0) is 34.7 Å². The molecule has 1 nitrogen and oxygen atoms in total. The normalized spacial score (nSPS) is 9.93. The summed E-state index contributed by atoms with van der Waals surface area (Å²) in [5.41, 5.74) is 1.51. The predicted molar refractivity (Wildman–Crippen MR) is 69.0 cm³/mol. The molecule has 0 heterocycles. The van der Waals surface area contributed by atoms with Gasteiger partial charge in [0.05, 0.1) is 0 Å². The van der Waals surface area contributed by atoms with Gasteiger partial charge in [0, 0.05) is 14.7 Å². The first kappa shape index (κ1) is 10.4. The molecule has 0 N–H and O–H groups in total. The Bertz CT molecular complexity index is 477. The van der Waals surface area contributed by atoms with E-state index in [1.54, 1.807) is 0 Å². The second-order valence-corrected chi connectivity index (χ2v) is 4.34. The summed E-state index contributed by atoms with van der Waals surface area (Å²) in [7, 11) is 0. The van der Waals surface area contributed by atoms with Crippen LogP contribution in [0.3, 0.4) is 0 Å². The number of hydrogen-bond donors (Lipinski definition) is 0. The first-order valence-electron chi connectivity index (χ1n) is 4.63. The first-order valence-corrected chi connectivity index (χ1v) is 5.71. The standard InChI is InChI=1S/C13H9IO/c14-12-9-5-4-8-11(12)13(15)10-6-2-1-3-7-10/h1-9H. The topological polar surface area (TPSA) is 17.1 Å². The molecule has 0 fully saturated rings. The third kappa shape index (κ3) is 2.26. The van der Waals surface area contributed by atoms with Gasteiger partial charge in [-0.25, -0.2) is 0 Å². The molecule has 0 radical (unpaired) electrons. The minimum Gasteiger partial charge on any atom is -0.289 e. The van der Waals surface area contributed by atoms with Crippen molar-refractivity contribution < 1.29 is 4.79 Å². The van der Waals surface area contributed by atoms with Gasteiger partial charge in [-0.1, -0.05) is 42.5 Å². The van der Waals surface area contributed by atoms with Crippen molar-refractivity contribution in [3.63, 3.8) is 0 Å². The average Bonchev–Trinajstić information content (AvgIpc) is 2.30. The molecule has 0 unspecified atom stereocenters. The van der Waals surface area contributed by atoms with Crippen molar-refractivity contribution in [2.75, 3.05) is 0 Å². The highest BCUT2D eigenvalue weighted by atomic mass is 127. The van der Waals surface area contributed by atoms with Crippen LogP contribution in [-0.2, 0) is 0 Å². The highest BCUT2D eigenvalue weighted by Crippen LogP contribution is 2.15. The van der Waals surface area contributed by atoms with Gasteiger partial charge in [0.2, 0.25) is 0 Å². The van der Waals surface area contributed by atoms with Gasteiger partial charge in [0.25, 0.3) is 0 Å². The number of carbonyl (C=O) groups is 1. The van der Waals surface area contributed by atoms with E-state index in [4.69, 9.17) is 0 Å². The molecule has 0 bridgehead atoms. The van der Waals surface area contributed by atoms with Crippen LogP contribution in [-0.4, -0.2) is 5.78 Å². The molecule has 0 atom stereocenters. The van der Waals surface area contributed by atoms with E-state index in [1.165, 1.54) is 0 Å². The molecular weight excluding hydrogens is 299 g/mol. The Morgan fingerprint density at radius 3 is 2.13 bits per heavy atom. The Hall–Kier alpha value is -1.16. The Morgan fingerprint density at radius 1 is 0.867 bits per heavy atom. The van der Waals surface area contributed by atoms with Crippen molar-refractivity contribution in [2.45, 2.75) is 0 Å². The second kappa shape index (κ2) is 4.57. The summed E-state index contributed by atoms with van der Waals surface area (Å²) in [5.74, 6) is 0.0839. The quantitative estimate of drug-likeness (QED) is 0.613. The molecule has 0 amide bonds. The van der Waals surface area contributed by atoms with E-state index in [0.717, 1.165) is 14.7 Å². The monoisotopic (exact) mass is 308 g/mol. The van der Waals surface area contributed by atoms with Crippen LogP contribution in [0.5, 0.6) is 0 Å². The van der Waals surface area contributed by atoms with Crippen molar-refractivity contribution in [2.24, 2.45) is 0 Å². The number of hydrogen-bond acceptors (Lipinski definition) is 1. The summed E-state index contributed by atoms with van der Waals surface area (Å²) < 4.78 is 0.990. The maximum Gasteiger partial charge on any atom is 0.194 e. The van der Waals surface area contributed by atoms with Crippen LogP contribution >= 0.6 is 22.6 Å². The van der Waals surface area contributed by atoms with Crippen LogP contribution in [0.25, 0.3) is 0 Å². The van der Waals surface area contributed by atoms with Crippen molar-refractivity contribution in [3.8, 4) is 0 Å². The zero-order valence-electron chi connectivity index (χ0n) is 7.98. The Morgan fingerprint density at radius 2 is 1.47 bits per heavy atom. The summed E-state index contributed by atoms with van der Waals surface area (Å²) >= 11 is 2.18. The minimum atomic E-state index is 0.0839. The summed E-state index contributed by atoms with van der Waals surface area (Å²) in [6.45, 7) is 0. The van der Waals surface area contributed by atoms with Gasteiger partial charge in [0.1, 0.15) is 0 Å². The Kier molecular flexibility index (Phi) is 3.16. The van der Waals surface area contributed by atoms with Crippen LogP contribution in [0, 0.1) is 3.57 Å². The molecule has 0 aromatic heterocycles. The summed E-state index contributed by atoms with van der Waals surface area (Å²) in [6, 6.07) is 17.0. The molecule has 2 rings (SSSR count). The van der Waals surface area contributed by atoms with Gasteiger partial charge < -0.3 is 0 Å². The van der Waals surface area contributed by atoms with E-state index in [9.17, 15) is 4.79 Å². The summed E-state index contributed by atoms with van der Waals surface area (Å²) in [5, 5.41) is 0. The number of halogens is 1. The average molecular weight is 308 g/mol. The molecular formula is C13H9IO. The fourth-order valence-electron chi connectivity index (χ4n) is 1.39. The van der Waals surface area contributed by atoms with E-state index in [1.807, 2.05) is 54.6 Å². The molecule has 15 heavy (non-hydrogen) atoms. The molecule has 0 aliphatic heterocycles. The van der Waals surface area contributed by atoms with Crippen molar-refractivity contribution in [1.29, 1.82) is 0 Å². The highest BCUT2D eigenvalue weighted by Gasteiger charge is 2.10. The molecule has 2 aromatic rings. The SMILES string of the molecule is O=C(c1ccccc1)c1ccccc1I. The van der Waals surface area contributed by atoms with Crippen LogP contribution in [0.2, 0.25) is 0 Å². The summed E-state index contributed by atoms with van der Waals surface area (Å²) in [4.78, 5) is 12.1. The Labute approximate surface area is 102 Å². The van der Waals surface area contributed by atoms with Gasteiger partial charge in [0.15, 0.2) is 5.78 Å². The van der Waals surface area contributed by atoms with Gasteiger partial charge in [-0.15, -0.1) is 0 Å². The van der Waals surface area contributed by atoms with Gasteiger partial charge in [-0.2, -0.15) is 0 Å². The van der Waals surface area contributed by atoms with Crippen molar-refractivity contribution >= 4 is 28.4 Å². The van der Waals surface area contributed by atoms with Crippen LogP contribution in [0.1, 0.15) is 15.9 Å². The van der Waals surface area contributed by atoms with Crippen molar-refractivity contribution in [1.82, 2.24) is 0 Å². The maximum atomic E-state index is 12.1. The largest absolute Gasteiger partial charge is 0.289 e. The Balaban J connectivity index is 2.42. The summed E-state index contributed by atoms with van der Waals surface area (Å²) in [6.07, 6.45) is 0. The fraction of sp³-hybridized carbons (Fsp3) is 0. The lowest BCUT2D eigenvalue weighted by Gasteiger charge is -2.02. The maximum absolute atomic E-state index is 12.1. The molecule has 2 heteroatoms. The number of ketones is 1. The van der Waals surface area contributed by atoms with Crippen LogP contribution < -0.4 is 0 Å². The van der Waals surface area contributed by atoms with E-state index in [-0.39, 0.29) is 5.78 Å². The molecule has 0 aliphatic carbocycles. The zero-order valence-corrected chi connectivity index (χ0v) is 10.1. The third-order valence-electron chi connectivity index (χ3n) is 2.15. The van der Waals surface area contributed by atoms with E-state index < -0.39 is 0 Å². The number of benzene rings is 2. The molecule has 2 aromatic carbocycles. The lowest BCUT2D eigenvalue weighted by Crippen LogP contribution is -2.02. The minimum absolute atomic E-state index is 0.0839. The lowest BCUT2D eigenvalue weighted by atomic mass is 10.0. The fourth-order valence-corrected chi connectivity index (χ4v) is 2.02. The predicted octanol–water partition coefficient (Wildman–Crippen LogP) is 3.52.